The molecule has 0 amide bonds. The van der Waals surface area contributed by atoms with E-state index in [1.54, 1.807) is 19.2 Å². The van der Waals surface area contributed by atoms with Gasteiger partial charge >= 0.3 is 6.18 Å². The lowest BCUT2D eigenvalue weighted by molar-refractivity contribution is -0.137. The zero-order chi connectivity index (χ0) is 16.7. The van der Waals surface area contributed by atoms with Crippen LogP contribution >= 0.6 is 0 Å². The van der Waals surface area contributed by atoms with Gasteiger partial charge in [-0.25, -0.2) is 4.98 Å². The Hall–Kier alpha value is -2.35. The lowest BCUT2D eigenvalue weighted by Crippen LogP contribution is -2.08. The van der Waals surface area contributed by atoms with Crippen molar-refractivity contribution in [3.63, 3.8) is 0 Å². The molecule has 2 aromatic rings. The van der Waals surface area contributed by atoms with E-state index in [1.165, 1.54) is 12.3 Å². The SMILES string of the molecule is COCCCNc1nccc(Nc2cccc(C(F)(F)F)c2)n1. The fourth-order valence-electron chi connectivity index (χ4n) is 1.85. The minimum atomic E-state index is -4.38. The maximum atomic E-state index is 12.7. The quantitative estimate of drug-likeness (QED) is 0.760. The summed E-state index contributed by atoms with van der Waals surface area (Å²) in [6, 6.07) is 6.53. The van der Waals surface area contributed by atoms with Crippen molar-refractivity contribution < 1.29 is 17.9 Å². The van der Waals surface area contributed by atoms with Crippen LogP contribution in [0.5, 0.6) is 0 Å². The molecule has 0 saturated heterocycles. The van der Waals surface area contributed by atoms with Crippen molar-refractivity contribution in [3.8, 4) is 0 Å². The van der Waals surface area contributed by atoms with Gasteiger partial charge in [-0.2, -0.15) is 18.2 Å². The van der Waals surface area contributed by atoms with Crippen molar-refractivity contribution in [2.24, 2.45) is 0 Å². The molecule has 1 aromatic heterocycles. The van der Waals surface area contributed by atoms with Crippen molar-refractivity contribution in [1.29, 1.82) is 0 Å². The molecule has 5 nitrogen and oxygen atoms in total. The molecule has 0 spiro atoms. The van der Waals surface area contributed by atoms with Crippen molar-refractivity contribution in [2.45, 2.75) is 12.6 Å². The highest BCUT2D eigenvalue weighted by Gasteiger charge is 2.30. The van der Waals surface area contributed by atoms with E-state index in [9.17, 15) is 13.2 Å². The van der Waals surface area contributed by atoms with Gasteiger partial charge in [0.2, 0.25) is 5.95 Å². The maximum Gasteiger partial charge on any atom is 0.416 e. The summed E-state index contributed by atoms with van der Waals surface area (Å²) < 4.78 is 43.0. The maximum absolute atomic E-state index is 12.7. The van der Waals surface area contributed by atoms with Crippen molar-refractivity contribution in [2.75, 3.05) is 30.9 Å². The van der Waals surface area contributed by atoms with E-state index in [0.29, 0.717) is 30.6 Å². The number of aromatic nitrogens is 2. The molecule has 2 N–H and O–H groups in total. The highest BCUT2D eigenvalue weighted by molar-refractivity contribution is 5.58. The molecule has 8 heteroatoms. The van der Waals surface area contributed by atoms with Crippen molar-refractivity contribution in [3.05, 3.63) is 42.1 Å². The number of ether oxygens (including phenoxy) is 1. The summed E-state index contributed by atoms with van der Waals surface area (Å²) >= 11 is 0. The smallest absolute Gasteiger partial charge is 0.385 e. The molecule has 0 radical (unpaired) electrons. The van der Waals surface area contributed by atoms with Gasteiger partial charge in [0.15, 0.2) is 0 Å². The number of anilines is 3. The first-order valence-corrected chi connectivity index (χ1v) is 6.99. The van der Waals surface area contributed by atoms with Gasteiger partial charge in [0.1, 0.15) is 5.82 Å². The second kappa shape index (κ2) is 7.77. The van der Waals surface area contributed by atoms with Gasteiger partial charge in [-0.15, -0.1) is 0 Å². The third-order valence-corrected chi connectivity index (χ3v) is 2.93. The predicted octanol–water partition coefficient (Wildman–Crippen LogP) is 3.69. The molecular weight excluding hydrogens is 309 g/mol. The van der Waals surface area contributed by atoms with E-state index in [-0.39, 0.29) is 0 Å². The molecule has 0 fully saturated rings. The van der Waals surface area contributed by atoms with Gasteiger partial charge in [-0.05, 0) is 30.7 Å². The van der Waals surface area contributed by atoms with Gasteiger partial charge in [-0.1, -0.05) is 6.07 Å². The van der Waals surface area contributed by atoms with Crippen LogP contribution in [-0.4, -0.2) is 30.2 Å². The summed E-state index contributed by atoms with van der Waals surface area (Å²) in [4.78, 5) is 8.25. The van der Waals surface area contributed by atoms with Crippen LogP contribution in [0.25, 0.3) is 0 Å². The van der Waals surface area contributed by atoms with Gasteiger partial charge in [-0.3, -0.25) is 0 Å². The van der Waals surface area contributed by atoms with Crippen molar-refractivity contribution in [1.82, 2.24) is 9.97 Å². The predicted molar refractivity (Wildman–Crippen MR) is 81.7 cm³/mol. The van der Waals surface area contributed by atoms with E-state index in [0.717, 1.165) is 18.6 Å². The molecule has 23 heavy (non-hydrogen) atoms. The lowest BCUT2D eigenvalue weighted by atomic mass is 10.2. The number of hydrogen-bond acceptors (Lipinski definition) is 5. The molecule has 0 aliphatic rings. The van der Waals surface area contributed by atoms with Crippen molar-refractivity contribution >= 4 is 17.5 Å². The molecule has 1 aromatic carbocycles. The Morgan fingerprint density at radius 2 is 2.04 bits per heavy atom. The van der Waals surface area contributed by atoms with Crippen LogP contribution in [-0.2, 0) is 10.9 Å². The van der Waals surface area contributed by atoms with Crippen LogP contribution in [0.3, 0.4) is 0 Å². The number of nitrogens with one attached hydrogen (secondary N) is 2. The van der Waals surface area contributed by atoms with Crippen LogP contribution in [0, 0.1) is 0 Å². The van der Waals surface area contributed by atoms with E-state index < -0.39 is 11.7 Å². The van der Waals surface area contributed by atoms with E-state index in [4.69, 9.17) is 4.74 Å². The number of alkyl halides is 3. The van der Waals surface area contributed by atoms with Crippen LogP contribution in [0.2, 0.25) is 0 Å². The average Bonchev–Trinajstić information content (AvgIpc) is 2.51. The standard InChI is InChI=1S/C15H17F3N4O/c1-23-9-3-7-19-14-20-8-6-13(22-14)21-12-5-2-4-11(10-12)15(16,17)18/h2,4-6,8,10H,3,7,9H2,1H3,(H2,19,20,21,22). The summed E-state index contributed by atoms with van der Waals surface area (Å²) in [5.41, 5.74) is -0.404. The Balaban J connectivity index is 2.03. The second-order valence-electron chi connectivity index (χ2n) is 4.74. The van der Waals surface area contributed by atoms with Crippen LogP contribution < -0.4 is 10.6 Å². The highest BCUT2D eigenvalue weighted by Crippen LogP contribution is 2.31. The summed E-state index contributed by atoms with van der Waals surface area (Å²) in [5, 5.41) is 5.86. The number of methoxy groups -OCH3 is 1. The fourth-order valence-corrected chi connectivity index (χ4v) is 1.85. The normalized spacial score (nSPS) is 11.3. The summed E-state index contributed by atoms with van der Waals surface area (Å²) in [6.07, 6.45) is -2.05. The van der Waals surface area contributed by atoms with E-state index in [2.05, 4.69) is 20.6 Å². The van der Waals surface area contributed by atoms with Gasteiger partial charge < -0.3 is 15.4 Å². The summed E-state index contributed by atoms with van der Waals surface area (Å²) in [6.45, 7) is 1.26. The Morgan fingerprint density at radius 1 is 1.22 bits per heavy atom. The largest absolute Gasteiger partial charge is 0.416 e. The molecule has 124 valence electrons. The minimum Gasteiger partial charge on any atom is -0.385 e. The molecule has 0 aliphatic carbocycles. The highest BCUT2D eigenvalue weighted by atomic mass is 19.4. The van der Waals surface area contributed by atoms with Crippen LogP contribution in [0.15, 0.2) is 36.5 Å². The molecule has 0 atom stereocenters. The monoisotopic (exact) mass is 326 g/mol. The molecule has 2 rings (SSSR count). The Bertz CT molecular complexity index is 634. The van der Waals surface area contributed by atoms with Crippen LogP contribution in [0.1, 0.15) is 12.0 Å². The fraction of sp³-hybridized carbons (Fsp3) is 0.333. The minimum absolute atomic E-state index is 0.309. The third kappa shape index (κ3) is 5.41. The molecular formula is C15H17F3N4O. The number of benzene rings is 1. The molecule has 0 saturated carbocycles. The first kappa shape index (κ1) is 17.0. The van der Waals surface area contributed by atoms with Gasteiger partial charge in [0, 0.05) is 32.1 Å². The van der Waals surface area contributed by atoms with E-state index in [1.807, 2.05) is 0 Å². The zero-order valence-electron chi connectivity index (χ0n) is 12.5. The first-order valence-electron chi connectivity index (χ1n) is 6.99. The Morgan fingerprint density at radius 3 is 2.78 bits per heavy atom. The zero-order valence-corrected chi connectivity index (χ0v) is 12.5. The number of halogens is 3. The third-order valence-electron chi connectivity index (χ3n) is 2.93. The topological polar surface area (TPSA) is 59.1 Å². The Kier molecular flexibility index (Phi) is 5.75. The Labute approximate surface area is 131 Å². The number of rotatable bonds is 7. The van der Waals surface area contributed by atoms with Crippen LogP contribution in [0.4, 0.5) is 30.6 Å². The molecule has 1 heterocycles. The molecule has 0 unspecified atom stereocenters. The van der Waals surface area contributed by atoms with Gasteiger partial charge in [0.25, 0.3) is 0 Å². The first-order chi connectivity index (χ1) is 11.0. The summed E-state index contributed by atoms with van der Waals surface area (Å²) in [5.74, 6) is 0.812. The van der Waals surface area contributed by atoms with E-state index >= 15 is 0 Å². The molecule has 0 aliphatic heterocycles. The molecule has 0 bridgehead atoms. The number of nitrogens with zero attached hydrogens (tertiary/aromatic N) is 2. The second-order valence-corrected chi connectivity index (χ2v) is 4.74. The lowest BCUT2D eigenvalue weighted by Gasteiger charge is -2.11. The summed E-state index contributed by atoms with van der Waals surface area (Å²) in [7, 11) is 1.62. The average molecular weight is 326 g/mol. The number of hydrogen-bond donors (Lipinski definition) is 2. The van der Waals surface area contributed by atoms with Gasteiger partial charge in [0.05, 0.1) is 5.56 Å².